The van der Waals surface area contributed by atoms with Gasteiger partial charge in [0.15, 0.2) is 22.5 Å². The van der Waals surface area contributed by atoms with Crippen molar-refractivity contribution in [2.45, 2.75) is 5.54 Å². The molecule has 188 valence electrons. The Balaban J connectivity index is 0.00000304. The number of hydrogen-bond donors (Lipinski definition) is 2. The van der Waals surface area contributed by atoms with E-state index in [9.17, 15) is 18.0 Å². The van der Waals surface area contributed by atoms with E-state index in [1.54, 1.807) is 4.90 Å². The van der Waals surface area contributed by atoms with Crippen molar-refractivity contribution in [1.82, 2.24) is 15.0 Å². The lowest BCUT2D eigenvalue weighted by atomic mass is 9.81. The van der Waals surface area contributed by atoms with Crippen LogP contribution in [0.25, 0.3) is 0 Å². The van der Waals surface area contributed by atoms with E-state index in [4.69, 9.17) is 5.73 Å². The van der Waals surface area contributed by atoms with Gasteiger partial charge in [0, 0.05) is 35.5 Å². The number of pyridine rings is 1. The summed E-state index contributed by atoms with van der Waals surface area (Å²) in [5.74, 6) is -3.54. The second-order valence-corrected chi connectivity index (χ2v) is 9.14. The summed E-state index contributed by atoms with van der Waals surface area (Å²) >= 11 is 1.34. The number of nitrogens with two attached hydrogens (primary N) is 1. The molecule has 0 saturated carbocycles. The van der Waals surface area contributed by atoms with Gasteiger partial charge in [0.2, 0.25) is 5.95 Å². The second-order valence-electron chi connectivity index (χ2n) is 8.10. The number of hydrogen-bond acceptors (Lipinski definition) is 8. The number of carbonyl (C=O) groups excluding carboxylic acids is 1. The molecule has 0 spiro atoms. The highest BCUT2D eigenvalue weighted by molar-refractivity contribution is 8.13. The average Bonchev–Trinajstić information content (AvgIpc) is 3.20. The first-order chi connectivity index (χ1) is 16.7. The number of amidine groups is 1. The number of rotatable bonds is 4. The van der Waals surface area contributed by atoms with Gasteiger partial charge in [-0.15, -0.1) is 12.4 Å². The van der Waals surface area contributed by atoms with Crippen molar-refractivity contribution >= 4 is 46.9 Å². The number of nitrogens with zero attached hydrogens (tertiary/aromatic N) is 5. The first kappa shape index (κ1) is 25.6. The van der Waals surface area contributed by atoms with Gasteiger partial charge in [-0.2, -0.15) is 0 Å². The van der Waals surface area contributed by atoms with Crippen molar-refractivity contribution in [3.8, 4) is 0 Å². The molecule has 5 rings (SSSR count). The van der Waals surface area contributed by atoms with Crippen LogP contribution in [-0.4, -0.2) is 44.9 Å². The Kier molecular flexibility index (Phi) is 7.05. The highest BCUT2D eigenvalue weighted by Crippen LogP contribution is 2.47. The third-order valence-electron chi connectivity index (χ3n) is 5.89. The summed E-state index contributed by atoms with van der Waals surface area (Å²) in [7, 11) is 0. The number of nitrogens with one attached hydrogen (secondary N) is 1. The van der Waals surface area contributed by atoms with Gasteiger partial charge in [0.05, 0.1) is 25.1 Å². The predicted octanol–water partition coefficient (Wildman–Crippen LogP) is 3.50. The molecule has 1 fully saturated rings. The zero-order valence-corrected chi connectivity index (χ0v) is 19.9. The topological polar surface area (TPSA) is 109 Å². The Morgan fingerprint density at radius 2 is 1.78 bits per heavy atom. The number of thioether (sulfide) groups is 1. The van der Waals surface area contributed by atoms with E-state index in [1.807, 2.05) is 0 Å². The molecule has 1 aromatic carbocycles. The van der Waals surface area contributed by atoms with Crippen molar-refractivity contribution in [2.24, 2.45) is 16.6 Å². The molecule has 1 amide bonds. The zero-order chi connectivity index (χ0) is 24.7. The molecule has 14 heteroatoms. The third kappa shape index (κ3) is 4.67. The largest absolute Gasteiger partial charge is 0.379 e. The lowest BCUT2D eigenvalue weighted by Gasteiger charge is -2.35. The van der Waals surface area contributed by atoms with Gasteiger partial charge in [-0.05, 0) is 18.2 Å². The van der Waals surface area contributed by atoms with Crippen LogP contribution in [0.15, 0.2) is 47.8 Å². The third-order valence-corrected chi connectivity index (χ3v) is 6.85. The summed E-state index contributed by atoms with van der Waals surface area (Å²) < 4.78 is 55.7. The number of aromatic nitrogens is 3. The number of halogens is 5. The first-order valence-electron chi connectivity index (χ1n) is 10.4. The summed E-state index contributed by atoms with van der Waals surface area (Å²) in [6, 6.07) is 4.42. The highest BCUT2D eigenvalue weighted by Gasteiger charge is 2.52. The molecule has 1 saturated heterocycles. The van der Waals surface area contributed by atoms with Crippen molar-refractivity contribution < 1.29 is 22.4 Å². The minimum Gasteiger partial charge on any atom is -0.379 e. The van der Waals surface area contributed by atoms with Crippen LogP contribution in [0.4, 0.5) is 29.2 Å². The normalized spacial score (nSPS) is 20.8. The fourth-order valence-corrected chi connectivity index (χ4v) is 5.31. The molecule has 0 aliphatic carbocycles. The summed E-state index contributed by atoms with van der Waals surface area (Å²) in [4.78, 5) is 30.5. The first-order valence-corrected chi connectivity index (χ1v) is 11.4. The number of benzene rings is 1. The van der Waals surface area contributed by atoms with Crippen molar-refractivity contribution in [1.29, 1.82) is 0 Å². The van der Waals surface area contributed by atoms with Gasteiger partial charge in [0.1, 0.15) is 17.2 Å². The van der Waals surface area contributed by atoms with Crippen LogP contribution < -0.4 is 16.0 Å². The Labute approximate surface area is 212 Å². The molecule has 2 aliphatic heterocycles. The van der Waals surface area contributed by atoms with Gasteiger partial charge >= 0.3 is 0 Å². The minimum atomic E-state index is -1.13. The summed E-state index contributed by atoms with van der Waals surface area (Å²) in [6.07, 6.45) is 2.81. The van der Waals surface area contributed by atoms with Gasteiger partial charge in [-0.3, -0.25) is 4.79 Å². The minimum absolute atomic E-state index is 0. The monoisotopic (exact) mass is 539 g/mol. The van der Waals surface area contributed by atoms with Crippen molar-refractivity contribution in [3.05, 3.63) is 77.4 Å². The molecule has 2 atom stereocenters. The highest BCUT2D eigenvalue weighted by atomic mass is 35.5. The fraction of sp³-hybridized carbons (Fsp3) is 0.227. The Hall–Kier alpha value is -3.45. The van der Waals surface area contributed by atoms with Crippen LogP contribution >= 0.6 is 24.2 Å². The van der Waals surface area contributed by atoms with Crippen LogP contribution in [-0.2, 0) is 5.54 Å². The average molecular weight is 540 g/mol. The Bertz CT molecular complexity index is 1350. The standard InChI is InChI=1S/C22H17F4N7OS.ClH/c23-12-3-17(26)18(28-5-12)19(34)31-14-1-2-16(25)15(4-14)22-10-33(21-29-6-13(24)7-30-21)8-11(22)9-35-20(27)32-22;/h1-7,11H,8-10H2,(H2,27,32)(H,31,34);1H/t11-,22-;/m0./s1. The number of fused-ring (bicyclic) bond motifs is 1. The van der Waals surface area contributed by atoms with Crippen LogP contribution in [0.3, 0.4) is 0 Å². The van der Waals surface area contributed by atoms with E-state index in [-0.39, 0.29) is 47.2 Å². The molecule has 0 bridgehead atoms. The molecule has 3 N–H and O–H groups in total. The Morgan fingerprint density at radius 3 is 2.50 bits per heavy atom. The molecule has 4 heterocycles. The summed E-state index contributed by atoms with van der Waals surface area (Å²) in [6.45, 7) is 0.573. The predicted molar refractivity (Wildman–Crippen MR) is 129 cm³/mol. The number of anilines is 2. The fourth-order valence-electron chi connectivity index (χ4n) is 4.33. The van der Waals surface area contributed by atoms with Gasteiger partial charge < -0.3 is 16.0 Å². The molecule has 36 heavy (non-hydrogen) atoms. The quantitative estimate of drug-likeness (QED) is 0.488. The van der Waals surface area contributed by atoms with Gasteiger partial charge in [0.25, 0.3) is 5.91 Å². The molecular formula is C22H18ClF4N7OS. The summed E-state index contributed by atoms with van der Waals surface area (Å²) in [5, 5.41) is 2.74. The second kappa shape index (κ2) is 9.90. The number of aliphatic imine (C=N–C) groups is 1. The van der Waals surface area contributed by atoms with E-state index < -0.39 is 40.4 Å². The van der Waals surface area contributed by atoms with E-state index in [0.717, 1.165) is 24.7 Å². The molecule has 8 nitrogen and oxygen atoms in total. The maximum absolute atomic E-state index is 15.2. The van der Waals surface area contributed by atoms with Crippen LogP contribution in [0.1, 0.15) is 16.1 Å². The smallest absolute Gasteiger partial charge is 0.277 e. The molecule has 3 aromatic rings. The lowest BCUT2D eigenvalue weighted by molar-refractivity contribution is 0.101. The van der Waals surface area contributed by atoms with E-state index in [1.165, 1.54) is 23.9 Å². The van der Waals surface area contributed by atoms with Gasteiger partial charge in [-0.1, -0.05) is 11.8 Å². The maximum atomic E-state index is 15.2. The summed E-state index contributed by atoms with van der Waals surface area (Å²) in [5.41, 5.74) is 4.63. The molecule has 0 radical (unpaired) electrons. The van der Waals surface area contributed by atoms with Crippen LogP contribution in [0.2, 0.25) is 0 Å². The molecule has 2 aromatic heterocycles. The SMILES string of the molecule is Cl.NC1=N[C@@]2(c3cc(NC(=O)c4ncc(F)cc4F)ccc3F)CN(c3ncc(F)cn3)C[C@H]2CS1. The Morgan fingerprint density at radius 1 is 1.06 bits per heavy atom. The van der Waals surface area contributed by atoms with Crippen molar-refractivity contribution in [2.75, 3.05) is 29.1 Å². The van der Waals surface area contributed by atoms with Crippen LogP contribution in [0, 0.1) is 29.2 Å². The molecule has 0 unspecified atom stereocenters. The zero-order valence-electron chi connectivity index (χ0n) is 18.3. The molecule has 2 aliphatic rings. The van der Waals surface area contributed by atoms with Crippen molar-refractivity contribution in [3.63, 3.8) is 0 Å². The number of amides is 1. The number of carbonyl (C=O) groups is 1. The lowest BCUT2D eigenvalue weighted by Crippen LogP contribution is -2.40. The van der Waals surface area contributed by atoms with Gasteiger partial charge in [-0.25, -0.2) is 37.5 Å². The van der Waals surface area contributed by atoms with E-state index in [2.05, 4.69) is 25.3 Å². The molecular weight excluding hydrogens is 522 g/mol. The van der Waals surface area contributed by atoms with E-state index >= 15 is 4.39 Å². The maximum Gasteiger partial charge on any atom is 0.277 e. The van der Waals surface area contributed by atoms with E-state index in [0.29, 0.717) is 18.4 Å². The van der Waals surface area contributed by atoms with Crippen LogP contribution in [0.5, 0.6) is 0 Å².